The monoisotopic (exact) mass is 218 g/mol. The van der Waals surface area contributed by atoms with Crippen molar-refractivity contribution in [2.75, 3.05) is 25.0 Å². The lowest BCUT2D eigenvalue weighted by molar-refractivity contribution is 0.393. The van der Waals surface area contributed by atoms with E-state index in [1.165, 1.54) is 36.2 Å². The van der Waals surface area contributed by atoms with E-state index in [2.05, 4.69) is 42.7 Å². The first-order valence-electron chi connectivity index (χ1n) is 6.27. The molecule has 0 bridgehead atoms. The van der Waals surface area contributed by atoms with Gasteiger partial charge in [-0.15, -0.1) is 0 Å². The summed E-state index contributed by atoms with van der Waals surface area (Å²) in [5, 5.41) is 7.01. The molecule has 1 aliphatic heterocycles. The molecule has 88 valence electrons. The Balaban J connectivity index is 1.88. The lowest BCUT2D eigenvalue weighted by atomic mass is 9.99. The first kappa shape index (κ1) is 11.5. The van der Waals surface area contributed by atoms with Crippen molar-refractivity contribution >= 4 is 5.69 Å². The number of hydrogen-bond acceptors (Lipinski definition) is 2. The Morgan fingerprint density at radius 2 is 2.00 bits per heavy atom. The fourth-order valence-electron chi connectivity index (χ4n) is 2.44. The third-order valence-corrected chi connectivity index (χ3v) is 3.22. The molecule has 0 aliphatic carbocycles. The zero-order valence-corrected chi connectivity index (χ0v) is 10.3. The van der Waals surface area contributed by atoms with Gasteiger partial charge in [-0.2, -0.15) is 0 Å². The van der Waals surface area contributed by atoms with Gasteiger partial charge in [0.15, 0.2) is 0 Å². The summed E-state index contributed by atoms with van der Waals surface area (Å²) < 4.78 is 0. The van der Waals surface area contributed by atoms with Crippen LogP contribution in [0.3, 0.4) is 0 Å². The van der Waals surface area contributed by atoms with E-state index in [0.717, 1.165) is 19.0 Å². The minimum Gasteiger partial charge on any atom is -0.385 e. The molecule has 2 nitrogen and oxygen atoms in total. The first-order chi connectivity index (χ1) is 7.74. The molecule has 2 N–H and O–H groups in total. The van der Waals surface area contributed by atoms with Gasteiger partial charge >= 0.3 is 0 Å². The molecule has 1 saturated heterocycles. The van der Waals surface area contributed by atoms with Crippen LogP contribution in [0.4, 0.5) is 5.69 Å². The minimum atomic E-state index is 0.787. The molecule has 0 aromatic heterocycles. The quantitative estimate of drug-likeness (QED) is 0.815. The Bertz CT molecular complexity index is 320. The molecule has 0 radical (unpaired) electrons. The summed E-state index contributed by atoms with van der Waals surface area (Å²) in [6.07, 6.45) is 2.67. The molecule has 2 rings (SSSR count). The summed E-state index contributed by atoms with van der Waals surface area (Å²) in [6, 6.07) is 6.67. The number of aryl methyl sites for hydroxylation is 2. The summed E-state index contributed by atoms with van der Waals surface area (Å²) in [7, 11) is 0. The number of nitrogens with one attached hydrogen (secondary N) is 2. The zero-order valence-electron chi connectivity index (χ0n) is 10.3. The Morgan fingerprint density at radius 1 is 1.25 bits per heavy atom. The molecule has 16 heavy (non-hydrogen) atoms. The van der Waals surface area contributed by atoms with E-state index >= 15 is 0 Å². The van der Waals surface area contributed by atoms with Gasteiger partial charge in [0, 0.05) is 12.2 Å². The van der Waals surface area contributed by atoms with Gasteiger partial charge in [-0.3, -0.25) is 0 Å². The molecule has 1 aromatic rings. The van der Waals surface area contributed by atoms with Gasteiger partial charge in [0.2, 0.25) is 0 Å². The van der Waals surface area contributed by atoms with E-state index in [9.17, 15) is 0 Å². The van der Waals surface area contributed by atoms with Crippen LogP contribution in [-0.4, -0.2) is 19.6 Å². The topological polar surface area (TPSA) is 24.1 Å². The third-order valence-electron chi connectivity index (χ3n) is 3.22. The van der Waals surface area contributed by atoms with Crippen LogP contribution in [0, 0.1) is 19.8 Å². The highest BCUT2D eigenvalue weighted by atomic mass is 14.9. The third kappa shape index (κ3) is 3.24. The molecule has 1 unspecified atom stereocenters. The molecule has 2 heteroatoms. The number of benzene rings is 1. The molecular formula is C14H22N2. The number of hydrogen-bond donors (Lipinski definition) is 2. The van der Waals surface area contributed by atoms with Crippen LogP contribution < -0.4 is 10.6 Å². The van der Waals surface area contributed by atoms with E-state index in [0.29, 0.717) is 0 Å². The van der Waals surface area contributed by atoms with Crippen molar-refractivity contribution in [1.82, 2.24) is 5.32 Å². The molecule has 1 aromatic carbocycles. The molecule has 1 aliphatic rings. The fourth-order valence-corrected chi connectivity index (χ4v) is 2.44. The number of piperidine rings is 1. The first-order valence-corrected chi connectivity index (χ1v) is 6.27. The average molecular weight is 218 g/mol. The van der Waals surface area contributed by atoms with Crippen molar-refractivity contribution in [3.05, 3.63) is 29.3 Å². The molecular weight excluding hydrogens is 196 g/mol. The van der Waals surface area contributed by atoms with Crippen molar-refractivity contribution in [2.24, 2.45) is 5.92 Å². The van der Waals surface area contributed by atoms with Gasteiger partial charge in [0.05, 0.1) is 0 Å². The largest absolute Gasteiger partial charge is 0.385 e. The highest BCUT2D eigenvalue weighted by Gasteiger charge is 2.12. The SMILES string of the molecule is Cc1cc(C)cc(NCC2CCCNC2)c1. The van der Waals surface area contributed by atoms with Crippen LogP contribution >= 0.6 is 0 Å². The summed E-state index contributed by atoms with van der Waals surface area (Å²) >= 11 is 0. The summed E-state index contributed by atoms with van der Waals surface area (Å²) in [6.45, 7) is 7.76. The van der Waals surface area contributed by atoms with Crippen molar-refractivity contribution < 1.29 is 0 Å². The van der Waals surface area contributed by atoms with Gasteiger partial charge < -0.3 is 10.6 Å². The highest BCUT2D eigenvalue weighted by Crippen LogP contribution is 2.16. The van der Waals surface area contributed by atoms with Crippen LogP contribution in [0.2, 0.25) is 0 Å². The second-order valence-corrected chi connectivity index (χ2v) is 4.97. The van der Waals surface area contributed by atoms with Gasteiger partial charge in [-0.1, -0.05) is 6.07 Å². The zero-order chi connectivity index (χ0) is 11.4. The number of anilines is 1. The molecule has 1 atom stereocenters. The average Bonchev–Trinajstić information content (AvgIpc) is 2.27. The normalized spacial score (nSPS) is 20.8. The predicted molar refractivity (Wildman–Crippen MR) is 70.0 cm³/mol. The van der Waals surface area contributed by atoms with Gasteiger partial charge in [0.1, 0.15) is 0 Å². The molecule has 0 amide bonds. The summed E-state index contributed by atoms with van der Waals surface area (Å²) in [5.74, 6) is 0.787. The maximum Gasteiger partial charge on any atom is 0.0345 e. The predicted octanol–water partition coefficient (Wildman–Crippen LogP) is 2.71. The summed E-state index contributed by atoms with van der Waals surface area (Å²) in [4.78, 5) is 0. The van der Waals surface area contributed by atoms with Gasteiger partial charge in [0.25, 0.3) is 0 Å². The Labute approximate surface area is 98.4 Å². The molecule has 0 spiro atoms. The van der Waals surface area contributed by atoms with Crippen molar-refractivity contribution in [3.8, 4) is 0 Å². The molecule has 0 saturated carbocycles. The molecule has 1 heterocycles. The fraction of sp³-hybridized carbons (Fsp3) is 0.571. The van der Waals surface area contributed by atoms with Gasteiger partial charge in [-0.05, 0) is 69.0 Å². The van der Waals surface area contributed by atoms with Crippen LogP contribution in [0.1, 0.15) is 24.0 Å². The van der Waals surface area contributed by atoms with Crippen LogP contribution in [0.25, 0.3) is 0 Å². The number of rotatable bonds is 3. The van der Waals surface area contributed by atoms with E-state index in [1.807, 2.05) is 0 Å². The van der Waals surface area contributed by atoms with E-state index in [1.54, 1.807) is 0 Å². The van der Waals surface area contributed by atoms with Gasteiger partial charge in [-0.25, -0.2) is 0 Å². The van der Waals surface area contributed by atoms with Crippen LogP contribution in [-0.2, 0) is 0 Å². The van der Waals surface area contributed by atoms with Crippen molar-refractivity contribution in [2.45, 2.75) is 26.7 Å². The maximum atomic E-state index is 3.56. The van der Waals surface area contributed by atoms with Crippen LogP contribution in [0.5, 0.6) is 0 Å². The minimum absolute atomic E-state index is 0.787. The molecule has 1 fully saturated rings. The van der Waals surface area contributed by atoms with Crippen molar-refractivity contribution in [1.29, 1.82) is 0 Å². The Hall–Kier alpha value is -1.02. The van der Waals surface area contributed by atoms with Crippen LogP contribution in [0.15, 0.2) is 18.2 Å². The second-order valence-electron chi connectivity index (χ2n) is 4.97. The second kappa shape index (κ2) is 5.35. The van der Waals surface area contributed by atoms with E-state index in [4.69, 9.17) is 0 Å². The lowest BCUT2D eigenvalue weighted by Crippen LogP contribution is -2.33. The Morgan fingerprint density at radius 3 is 2.62 bits per heavy atom. The maximum absolute atomic E-state index is 3.56. The van der Waals surface area contributed by atoms with E-state index in [-0.39, 0.29) is 0 Å². The van der Waals surface area contributed by atoms with Crippen molar-refractivity contribution in [3.63, 3.8) is 0 Å². The highest BCUT2D eigenvalue weighted by molar-refractivity contribution is 5.48. The lowest BCUT2D eigenvalue weighted by Gasteiger charge is -2.23. The summed E-state index contributed by atoms with van der Waals surface area (Å²) in [5.41, 5.74) is 3.94. The smallest absolute Gasteiger partial charge is 0.0345 e. The van der Waals surface area contributed by atoms with E-state index < -0.39 is 0 Å². The Kier molecular flexibility index (Phi) is 3.83. The standard InChI is InChI=1S/C14H22N2/c1-11-6-12(2)8-14(7-11)16-10-13-4-3-5-15-9-13/h6-8,13,15-16H,3-5,9-10H2,1-2H3.